The number of nitrogens with two attached hydrogens (primary N) is 1. The molecule has 3 aromatic rings. The van der Waals surface area contributed by atoms with E-state index in [2.05, 4.69) is 10.2 Å². The van der Waals surface area contributed by atoms with E-state index < -0.39 is 62.8 Å². The number of nitro benzene ring substituents is 1. The van der Waals surface area contributed by atoms with Gasteiger partial charge >= 0.3 is 0 Å². The number of nitrogens with zero attached hydrogens (tertiary/aromatic N) is 3. The van der Waals surface area contributed by atoms with Crippen molar-refractivity contribution in [2.24, 2.45) is 5.73 Å². The number of hydrogen-bond acceptors (Lipinski definition) is 6. The number of non-ortho nitro benzene ring substituents is 1. The second kappa shape index (κ2) is 7.34. The smallest absolute Gasteiger partial charge is 0.270 e. The Labute approximate surface area is 174 Å². The molecule has 2 aromatic carbocycles. The van der Waals surface area contributed by atoms with Crippen LogP contribution < -0.4 is 10.5 Å². The third-order valence-corrected chi connectivity index (χ3v) is 4.82. The highest BCUT2D eigenvalue weighted by molar-refractivity contribution is 5.72. The molecular weight excluding hydrogens is 441 g/mol. The number of nitriles is 1. The van der Waals surface area contributed by atoms with Gasteiger partial charge in [0, 0.05) is 23.3 Å². The number of rotatable bonds is 3. The van der Waals surface area contributed by atoms with Gasteiger partial charge in [-0.15, -0.1) is 5.10 Å². The molecule has 1 aromatic heterocycles. The third kappa shape index (κ3) is 2.92. The van der Waals surface area contributed by atoms with Gasteiger partial charge in [0.2, 0.25) is 17.6 Å². The lowest BCUT2D eigenvalue weighted by atomic mass is 9.82. The summed E-state index contributed by atoms with van der Waals surface area (Å²) in [5.41, 5.74) is 2.95. The minimum absolute atomic E-state index is 0.0724. The van der Waals surface area contributed by atoms with Crippen molar-refractivity contribution in [3.05, 3.63) is 86.0 Å². The Morgan fingerprint density at radius 3 is 2.31 bits per heavy atom. The maximum atomic E-state index is 14.7. The molecule has 0 fully saturated rings. The number of aromatic nitrogens is 2. The van der Waals surface area contributed by atoms with E-state index in [0.29, 0.717) is 0 Å². The zero-order valence-electron chi connectivity index (χ0n) is 15.4. The molecule has 0 bridgehead atoms. The van der Waals surface area contributed by atoms with Gasteiger partial charge in [-0.3, -0.25) is 15.2 Å². The van der Waals surface area contributed by atoms with Crippen molar-refractivity contribution in [3.8, 4) is 23.2 Å². The summed E-state index contributed by atoms with van der Waals surface area (Å²) < 4.78 is 76.0. The molecule has 32 heavy (non-hydrogen) atoms. The van der Waals surface area contributed by atoms with Crippen molar-refractivity contribution in [1.82, 2.24) is 10.2 Å². The number of fused-ring (bicyclic) bond motifs is 1. The number of benzene rings is 2. The van der Waals surface area contributed by atoms with E-state index in [9.17, 15) is 37.3 Å². The van der Waals surface area contributed by atoms with E-state index >= 15 is 0 Å². The normalized spacial score (nSPS) is 15.2. The highest BCUT2D eigenvalue weighted by Crippen LogP contribution is 2.47. The maximum Gasteiger partial charge on any atom is 0.270 e. The van der Waals surface area contributed by atoms with Crippen molar-refractivity contribution in [2.45, 2.75) is 5.92 Å². The van der Waals surface area contributed by atoms with Crippen LogP contribution >= 0.6 is 0 Å². The number of aromatic amines is 1. The molecular formula is C19H8F5N5O3. The number of nitrogens with one attached hydrogen (secondary N) is 1. The standard InChI is InChI=1S/C19H8F5N5O3/c20-12-10(13(21)15(23)16(24)14(12)22)9-8(5-25)18(26)32-19-11(9)17(27-28-19)6-2-1-3-7(4-6)29(30)31/h1-4,9H,26H2,(H,27,28)/t9-/m1/s1. The summed E-state index contributed by atoms with van der Waals surface area (Å²) in [6.45, 7) is 0. The molecule has 0 aliphatic carbocycles. The molecule has 0 spiro atoms. The minimum Gasteiger partial charge on any atom is -0.420 e. The van der Waals surface area contributed by atoms with E-state index in [1.54, 1.807) is 6.07 Å². The van der Waals surface area contributed by atoms with Gasteiger partial charge in [0.05, 0.1) is 22.1 Å². The summed E-state index contributed by atoms with van der Waals surface area (Å²) in [7, 11) is 0. The average molecular weight is 449 g/mol. The fourth-order valence-corrected chi connectivity index (χ4v) is 3.40. The lowest BCUT2D eigenvalue weighted by molar-refractivity contribution is -0.384. The monoisotopic (exact) mass is 449 g/mol. The summed E-state index contributed by atoms with van der Waals surface area (Å²) in [6.07, 6.45) is 0. The molecule has 8 nitrogen and oxygen atoms in total. The fourth-order valence-electron chi connectivity index (χ4n) is 3.40. The van der Waals surface area contributed by atoms with Gasteiger partial charge in [-0.2, -0.15) is 5.26 Å². The first kappa shape index (κ1) is 20.8. The van der Waals surface area contributed by atoms with Crippen molar-refractivity contribution < 1.29 is 31.6 Å². The summed E-state index contributed by atoms with van der Waals surface area (Å²) in [6, 6.07) is 6.47. The van der Waals surface area contributed by atoms with Crippen LogP contribution in [0.4, 0.5) is 27.6 Å². The minimum atomic E-state index is -2.38. The molecule has 1 atom stereocenters. The molecule has 0 saturated carbocycles. The van der Waals surface area contributed by atoms with E-state index in [1.165, 1.54) is 18.2 Å². The van der Waals surface area contributed by atoms with E-state index in [0.717, 1.165) is 6.07 Å². The molecule has 1 aliphatic heterocycles. The van der Waals surface area contributed by atoms with E-state index in [1.807, 2.05) is 0 Å². The number of allylic oxidation sites excluding steroid dienone is 1. The summed E-state index contributed by atoms with van der Waals surface area (Å²) in [5.74, 6) is -14.1. The molecule has 2 heterocycles. The second-order valence-corrected chi connectivity index (χ2v) is 6.53. The van der Waals surface area contributed by atoms with Gasteiger partial charge in [0.15, 0.2) is 23.3 Å². The highest BCUT2D eigenvalue weighted by Gasteiger charge is 2.41. The quantitative estimate of drug-likeness (QED) is 0.205. The van der Waals surface area contributed by atoms with Crippen LogP contribution in [0.15, 0.2) is 35.7 Å². The van der Waals surface area contributed by atoms with Gasteiger partial charge in [0.1, 0.15) is 11.6 Å². The molecule has 0 amide bonds. The Hall–Kier alpha value is -4.47. The molecule has 4 rings (SSSR count). The van der Waals surface area contributed by atoms with Gasteiger partial charge in [-0.25, -0.2) is 22.0 Å². The van der Waals surface area contributed by atoms with Crippen molar-refractivity contribution >= 4 is 5.69 Å². The van der Waals surface area contributed by atoms with Crippen molar-refractivity contribution in [2.75, 3.05) is 0 Å². The number of ether oxygens (including phenoxy) is 1. The Morgan fingerprint density at radius 1 is 1.09 bits per heavy atom. The van der Waals surface area contributed by atoms with Crippen LogP contribution in [-0.4, -0.2) is 15.1 Å². The number of halogens is 5. The van der Waals surface area contributed by atoms with Crippen LogP contribution in [0.1, 0.15) is 17.0 Å². The first-order chi connectivity index (χ1) is 15.2. The zero-order valence-corrected chi connectivity index (χ0v) is 15.4. The SMILES string of the molecule is N#CC1=C(N)Oc2n[nH]c(-c3cccc([N+](=O)[O-])c3)c2[C@H]1c1c(F)c(F)c(F)c(F)c1F. The number of nitro groups is 1. The largest absolute Gasteiger partial charge is 0.420 e. The molecule has 0 radical (unpaired) electrons. The molecule has 0 saturated heterocycles. The summed E-state index contributed by atoms with van der Waals surface area (Å²) in [5, 5.41) is 26.8. The van der Waals surface area contributed by atoms with Crippen LogP contribution in [0.25, 0.3) is 11.3 Å². The Balaban J connectivity index is 2.05. The molecule has 13 heteroatoms. The zero-order chi connectivity index (χ0) is 23.3. The summed E-state index contributed by atoms with van der Waals surface area (Å²) >= 11 is 0. The van der Waals surface area contributed by atoms with Gasteiger partial charge in [0.25, 0.3) is 5.69 Å². The van der Waals surface area contributed by atoms with E-state index in [4.69, 9.17) is 10.5 Å². The number of hydrogen-bond donors (Lipinski definition) is 2. The van der Waals surface area contributed by atoms with Crippen LogP contribution in [-0.2, 0) is 0 Å². The Morgan fingerprint density at radius 2 is 1.72 bits per heavy atom. The predicted octanol–water partition coefficient (Wildman–Crippen LogP) is 3.90. The van der Waals surface area contributed by atoms with Crippen molar-refractivity contribution in [3.63, 3.8) is 0 Å². The fraction of sp³-hybridized carbons (Fsp3) is 0.0526. The van der Waals surface area contributed by atoms with Crippen molar-refractivity contribution in [1.29, 1.82) is 5.26 Å². The average Bonchev–Trinajstić information content (AvgIpc) is 3.19. The van der Waals surface area contributed by atoms with Crippen LogP contribution in [0.3, 0.4) is 0 Å². The van der Waals surface area contributed by atoms with Gasteiger partial charge in [-0.05, 0) is 0 Å². The Bertz CT molecular complexity index is 1350. The molecule has 162 valence electrons. The van der Waals surface area contributed by atoms with Crippen LogP contribution in [0, 0.1) is 50.5 Å². The maximum absolute atomic E-state index is 14.7. The first-order valence-electron chi connectivity index (χ1n) is 8.59. The second-order valence-electron chi connectivity index (χ2n) is 6.53. The molecule has 1 aliphatic rings. The van der Waals surface area contributed by atoms with Crippen LogP contribution in [0.5, 0.6) is 5.88 Å². The summed E-state index contributed by atoms with van der Waals surface area (Å²) in [4.78, 5) is 10.4. The molecule has 3 N–H and O–H groups in total. The topological polar surface area (TPSA) is 131 Å². The predicted molar refractivity (Wildman–Crippen MR) is 96.2 cm³/mol. The third-order valence-electron chi connectivity index (χ3n) is 4.82. The molecule has 0 unspecified atom stereocenters. The van der Waals surface area contributed by atoms with Gasteiger partial charge in [-0.1, -0.05) is 12.1 Å². The first-order valence-corrected chi connectivity index (χ1v) is 8.59. The highest BCUT2D eigenvalue weighted by atomic mass is 19.2. The van der Waals surface area contributed by atoms with E-state index in [-0.39, 0.29) is 22.5 Å². The number of H-pyrrole nitrogens is 1. The lowest BCUT2D eigenvalue weighted by Gasteiger charge is -2.25. The lowest BCUT2D eigenvalue weighted by Crippen LogP contribution is -2.23. The van der Waals surface area contributed by atoms with Crippen LogP contribution in [0.2, 0.25) is 0 Å². The van der Waals surface area contributed by atoms with Gasteiger partial charge < -0.3 is 10.5 Å². The Kier molecular flexibility index (Phi) is 4.77.